The van der Waals surface area contributed by atoms with Crippen molar-refractivity contribution >= 4 is 25.6 Å². The summed E-state index contributed by atoms with van der Waals surface area (Å²) >= 11 is 0. The Labute approximate surface area is 234 Å². The van der Waals surface area contributed by atoms with Gasteiger partial charge in [-0.05, 0) is 59.7 Å². The molecule has 0 amide bonds. The molecule has 1 fully saturated rings. The Balaban J connectivity index is 1.48. The largest absolute Gasteiger partial charge is 0.507 e. The molecule has 3 atom stereocenters. The van der Waals surface area contributed by atoms with Crippen LogP contribution in [0.15, 0.2) is 58.8 Å². The Hall–Kier alpha value is -3.56. The maximum Gasteiger partial charge on any atom is 0.265 e. The molecule has 3 aliphatic rings. The van der Waals surface area contributed by atoms with Crippen LogP contribution in [0.4, 0.5) is 0 Å². The van der Waals surface area contributed by atoms with E-state index < -0.39 is 31.4 Å². The van der Waals surface area contributed by atoms with Crippen LogP contribution in [0.1, 0.15) is 60.1 Å². The van der Waals surface area contributed by atoms with Gasteiger partial charge >= 0.3 is 0 Å². The van der Waals surface area contributed by atoms with Gasteiger partial charge in [-0.2, -0.15) is 0 Å². The number of fused-ring (bicyclic) bond motifs is 4. The van der Waals surface area contributed by atoms with E-state index >= 15 is 0 Å². The zero-order chi connectivity index (χ0) is 28.4. The van der Waals surface area contributed by atoms with E-state index in [9.17, 15) is 14.7 Å². The Morgan fingerprint density at radius 1 is 1.07 bits per heavy atom. The third kappa shape index (κ3) is 3.97. The van der Waals surface area contributed by atoms with E-state index in [1.54, 1.807) is 18.3 Å². The zero-order valence-electron chi connectivity index (χ0n) is 23.5. The van der Waals surface area contributed by atoms with Crippen LogP contribution in [-0.2, 0) is 28.7 Å². The maximum atomic E-state index is 14.7. The number of ketones is 2. The average Bonchev–Trinajstić information content (AvgIpc) is 3.31. The van der Waals surface area contributed by atoms with Crippen molar-refractivity contribution in [2.45, 2.75) is 70.4 Å². The molecule has 6 rings (SSSR count). The highest BCUT2D eigenvalue weighted by molar-refractivity contribution is 6.74. The second-order valence-corrected chi connectivity index (χ2v) is 17.3. The molecule has 0 saturated heterocycles. The van der Waals surface area contributed by atoms with Gasteiger partial charge in [-0.1, -0.05) is 51.1 Å². The van der Waals surface area contributed by atoms with Gasteiger partial charge in [0, 0.05) is 29.7 Å². The van der Waals surface area contributed by atoms with Gasteiger partial charge in [-0.25, -0.2) is 0 Å². The molecule has 0 radical (unpaired) electrons. The molecular formula is C31H34N2O6Si. The number of aromatic nitrogens is 2. The summed E-state index contributed by atoms with van der Waals surface area (Å²) in [6, 6.07) is 13.1. The summed E-state index contributed by atoms with van der Waals surface area (Å²) in [7, 11) is -2.68. The highest BCUT2D eigenvalue weighted by atomic mass is 28.4. The van der Waals surface area contributed by atoms with Crippen molar-refractivity contribution < 1.29 is 28.4 Å². The molecule has 1 saturated carbocycles. The lowest BCUT2D eigenvalue weighted by molar-refractivity contribution is -0.136. The number of nitrogens with zero attached hydrogens (tertiary/aromatic N) is 2. The molecule has 3 aliphatic carbocycles. The number of hydrogen-bond acceptors (Lipinski definition) is 8. The lowest BCUT2D eigenvalue weighted by Gasteiger charge is -2.52. The SMILES string of the molecule is CC(C)(C)[Si](C)(C)OC12C(=O)C3=C(O)c4cccnc4C[C@H]3CC1Cc1onc(OCc3ccccc3)c1C2=O. The number of hydrogen-bond donors (Lipinski definition) is 1. The number of aliphatic hydroxyl groups is 1. The standard InChI is InChI=1S/C31H34N2O6Si/c1-30(2,3)40(4,5)39-31-20(14-19-15-22-21(12-9-13-32-22)26(34)24(19)27(31)35)16-23-25(28(31)36)29(33-38-23)37-17-18-10-7-6-8-11-18/h6-13,19-20,34H,14-17H2,1-5H3/t19-,20?,31?/m1/s1. The molecule has 208 valence electrons. The van der Waals surface area contributed by atoms with E-state index in [-0.39, 0.29) is 40.3 Å². The number of carbonyl (C=O) groups excluding carboxylic acids is 2. The van der Waals surface area contributed by atoms with Crippen LogP contribution in [0, 0.1) is 11.8 Å². The molecule has 1 N–H and O–H groups in total. The van der Waals surface area contributed by atoms with Gasteiger partial charge in [0.15, 0.2) is 19.7 Å². The zero-order valence-corrected chi connectivity index (χ0v) is 24.5. The van der Waals surface area contributed by atoms with E-state index in [0.29, 0.717) is 30.6 Å². The number of pyridine rings is 1. The van der Waals surface area contributed by atoms with Crippen molar-refractivity contribution in [3.63, 3.8) is 0 Å². The third-order valence-electron chi connectivity index (χ3n) is 9.14. The minimum absolute atomic E-state index is 0.0619. The summed E-state index contributed by atoms with van der Waals surface area (Å²) in [5.41, 5.74) is 0.813. The van der Waals surface area contributed by atoms with Gasteiger partial charge in [-0.15, -0.1) is 0 Å². The molecule has 8 nitrogen and oxygen atoms in total. The summed E-state index contributed by atoms with van der Waals surface area (Å²) in [5.74, 6) is -1.34. The van der Waals surface area contributed by atoms with Crippen LogP contribution in [0.25, 0.3) is 5.76 Å². The van der Waals surface area contributed by atoms with Gasteiger partial charge in [0.1, 0.15) is 17.9 Å². The fourth-order valence-corrected chi connectivity index (χ4v) is 7.49. The summed E-state index contributed by atoms with van der Waals surface area (Å²) in [6.45, 7) is 10.5. The van der Waals surface area contributed by atoms with Crippen molar-refractivity contribution in [3.8, 4) is 5.88 Å². The number of rotatable bonds is 5. The summed E-state index contributed by atoms with van der Waals surface area (Å²) in [5, 5.41) is 15.2. The highest BCUT2D eigenvalue weighted by Crippen LogP contribution is 2.54. The monoisotopic (exact) mass is 558 g/mol. The molecule has 9 heteroatoms. The maximum absolute atomic E-state index is 14.7. The predicted octanol–water partition coefficient (Wildman–Crippen LogP) is 5.88. The first-order valence-electron chi connectivity index (χ1n) is 13.8. The second-order valence-electron chi connectivity index (χ2n) is 12.6. The molecule has 2 aromatic heterocycles. The number of Topliss-reactive ketones (excluding diaryl/α,β-unsaturated/α-hetero) is 2. The first-order valence-corrected chi connectivity index (χ1v) is 16.7. The number of ether oxygens (including phenoxy) is 1. The van der Waals surface area contributed by atoms with Crippen molar-refractivity contribution in [1.82, 2.24) is 10.1 Å². The fourth-order valence-electron chi connectivity index (χ4n) is 6.03. The minimum Gasteiger partial charge on any atom is -0.507 e. The van der Waals surface area contributed by atoms with Crippen molar-refractivity contribution in [1.29, 1.82) is 0 Å². The van der Waals surface area contributed by atoms with Crippen LogP contribution in [-0.4, -0.2) is 40.7 Å². The minimum atomic E-state index is -2.68. The smallest absolute Gasteiger partial charge is 0.265 e. The van der Waals surface area contributed by atoms with Crippen LogP contribution in [0.3, 0.4) is 0 Å². The third-order valence-corrected chi connectivity index (χ3v) is 13.6. The fraction of sp³-hybridized carbons (Fsp3) is 0.419. The van der Waals surface area contributed by atoms with Crippen LogP contribution in [0.2, 0.25) is 18.1 Å². The quantitative estimate of drug-likeness (QED) is 0.305. The van der Waals surface area contributed by atoms with Crippen LogP contribution >= 0.6 is 0 Å². The molecule has 3 aromatic rings. The van der Waals surface area contributed by atoms with Crippen molar-refractivity contribution in [2.24, 2.45) is 11.8 Å². The lowest BCUT2D eigenvalue weighted by atomic mass is 9.59. The molecule has 0 aliphatic heterocycles. The van der Waals surface area contributed by atoms with E-state index in [4.69, 9.17) is 13.7 Å². The van der Waals surface area contributed by atoms with Gasteiger partial charge in [0.2, 0.25) is 11.6 Å². The van der Waals surface area contributed by atoms with E-state index in [1.165, 1.54) is 0 Å². The number of aliphatic hydroxyl groups excluding tert-OH is 1. The predicted molar refractivity (Wildman–Crippen MR) is 150 cm³/mol. The molecule has 40 heavy (non-hydrogen) atoms. The van der Waals surface area contributed by atoms with E-state index in [2.05, 4.69) is 30.9 Å². The van der Waals surface area contributed by atoms with Crippen molar-refractivity contribution in [3.05, 3.63) is 82.4 Å². The molecule has 2 unspecified atom stereocenters. The summed E-state index contributed by atoms with van der Waals surface area (Å²) < 4.78 is 18.6. The summed E-state index contributed by atoms with van der Waals surface area (Å²) in [6.07, 6.45) is 2.98. The topological polar surface area (TPSA) is 112 Å². The number of benzene rings is 1. The average molecular weight is 559 g/mol. The van der Waals surface area contributed by atoms with Crippen LogP contribution in [0.5, 0.6) is 5.88 Å². The van der Waals surface area contributed by atoms with Crippen LogP contribution < -0.4 is 4.74 Å². The Morgan fingerprint density at radius 3 is 2.55 bits per heavy atom. The normalized spacial score (nSPS) is 24.2. The molecular weight excluding hydrogens is 524 g/mol. The lowest BCUT2D eigenvalue weighted by Crippen LogP contribution is -2.66. The van der Waals surface area contributed by atoms with E-state index in [0.717, 1.165) is 11.3 Å². The Bertz CT molecular complexity index is 1540. The molecule has 0 bridgehead atoms. The van der Waals surface area contributed by atoms with Gasteiger partial charge in [0.25, 0.3) is 5.88 Å². The molecule has 2 heterocycles. The van der Waals surface area contributed by atoms with Gasteiger partial charge < -0.3 is 18.8 Å². The second kappa shape index (κ2) is 9.24. The first kappa shape index (κ1) is 26.6. The Morgan fingerprint density at radius 2 is 1.82 bits per heavy atom. The highest BCUT2D eigenvalue weighted by Gasteiger charge is 2.65. The molecule has 1 aromatic carbocycles. The first-order chi connectivity index (χ1) is 18.9. The van der Waals surface area contributed by atoms with Crippen molar-refractivity contribution in [2.75, 3.05) is 0 Å². The van der Waals surface area contributed by atoms with Gasteiger partial charge in [-0.3, -0.25) is 14.6 Å². The Kier molecular flexibility index (Phi) is 6.16. The van der Waals surface area contributed by atoms with E-state index in [1.807, 2.05) is 43.4 Å². The molecule has 0 spiro atoms. The number of carbonyl (C=O) groups is 2. The summed E-state index contributed by atoms with van der Waals surface area (Å²) in [4.78, 5) is 33.9. The van der Waals surface area contributed by atoms with Gasteiger partial charge in [0.05, 0.1) is 5.69 Å².